The van der Waals surface area contributed by atoms with Gasteiger partial charge in [-0.1, -0.05) is 92.4 Å². The number of methoxy groups -OCH3 is 2. The van der Waals surface area contributed by atoms with Crippen LogP contribution in [0.1, 0.15) is 0 Å². The van der Waals surface area contributed by atoms with Crippen molar-refractivity contribution >= 4 is 25.5 Å². The molecule has 3 heterocycles. The third kappa shape index (κ3) is 6.59. The molecule has 0 radical (unpaired) electrons. The number of anilines is 2. The zero-order valence-electron chi connectivity index (χ0n) is 26.2. The number of hydrogen-bond donors (Lipinski definition) is 1. The Morgan fingerprint density at radius 2 is 1.42 bits per heavy atom. The van der Waals surface area contributed by atoms with Gasteiger partial charge in [-0.15, -0.1) is 5.10 Å². The van der Waals surface area contributed by atoms with Crippen molar-refractivity contribution in [2.45, 2.75) is 32.4 Å². The van der Waals surface area contributed by atoms with Gasteiger partial charge in [0.25, 0.3) is 0 Å². The van der Waals surface area contributed by atoms with Crippen molar-refractivity contribution in [1.82, 2.24) is 29.4 Å². The zero-order valence-corrected chi connectivity index (χ0v) is 27.2. The first kappa shape index (κ1) is 30.0. The summed E-state index contributed by atoms with van der Waals surface area (Å²) in [7, 11) is 2.10. The van der Waals surface area contributed by atoms with Gasteiger partial charge in [0.15, 0.2) is 5.65 Å². The summed E-state index contributed by atoms with van der Waals surface area (Å²) in [6.07, 6.45) is 1.65. The van der Waals surface area contributed by atoms with E-state index in [1.165, 1.54) is 0 Å². The number of fused-ring (bicyclic) bond motifs is 1. The number of rotatable bonds is 12. The minimum absolute atomic E-state index is 0.321. The van der Waals surface area contributed by atoms with Crippen molar-refractivity contribution in [3.05, 3.63) is 91.3 Å². The fourth-order valence-corrected chi connectivity index (χ4v) is 5.80. The normalized spacial score (nSPS) is 11.6. The van der Waals surface area contributed by atoms with Crippen molar-refractivity contribution < 1.29 is 14.2 Å². The molecule has 10 nitrogen and oxygen atoms in total. The van der Waals surface area contributed by atoms with Gasteiger partial charge in [0.2, 0.25) is 11.8 Å². The van der Waals surface area contributed by atoms with E-state index in [4.69, 9.17) is 24.3 Å². The Labute approximate surface area is 263 Å². The van der Waals surface area contributed by atoms with Gasteiger partial charge < -0.3 is 19.5 Å². The summed E-state index contributed by atoms with van der Waals surface area (Å²) in [5.74, 6) is 2.17. The van der Waals surface area contributed by atoms with Crippen LogP contribution in [0.4, 0.5) is 11.8 Å². The molecule has 45 heavy (non-hydrogen) atoms. The van der Waals surface area contributed by atoms with Crippen molar-refractivity contribution in [2.24, 2.45) is 0 Å². The molecule has 0 atom stereocenters. The average molecular weight is 620 g/mol. The van der Waals surface area contributed by atoms with E-state index in [9.17, 15) is 0 Å². The highest BCUT2D eigenvalue weighted by molar-refractivity contribution is 6.76. The quantitative estimate of drug-likeness (QED) is 0.112. The lowest BCUT2D eigenvalue weighted by atomic mass is 10.0. The number of nitrogens with zero attached hydrogens (tertiary/aromatic N) is 6. The molecule has 0 unspecified atom stereocenters. The van der Waals surface area contributed by atoms with Gasteiger partial charge >= 0.3 is 0 Å². The van der Waals surface area contributed by atoms with Gasteiger partial charge in [-0.25, -0.2) is 14.6 Å². The molecular weight excluding hydrogens is 583 g/mol. The van der Waals surface area contributed by atoms with Gasteiger partial charge in [-0.3, -0.25) is 0 Å². The molecule has 0 aliphatic heterocycles. The van der Waals surface area contributed by atoms with Crippen LogP contribution >= 0.6 is 0 Å². The maximum Gasteiger partial charge on any atom is 0.247 e. The first-order chi connectivity index (χ1) is 21.8. The lowest BCUT2D eigenvalue weighted by molar-refractivity contribution is 0.0785. The molecule has 0 fully saturated rings. The zero-order chi connectivity index (χ0) is 31.4. The van der Waals surface area contributed by atoms with Crippen molar-refractivity contribution in [3.63, 3.8) is 0 Å². The number of benzene rings is 3. The van der Waals surface area contributed by atoms with E-state index in [1.54, 1.807) is 29.7 Å². The van der Waals surface area contributed by atoms with Crippen molar-refractivity contribution in [3.8, 4) is 45.1 Å². The second-order valence-corrected chi connectivity index (χ2v) is 17.5. The van der Waals surface area contributed by atoms with E-state index in [0.717, 1.165) is 39.7 Å². The largest absolute Gasteiger partial charge is 0.497 e. The Morgan fingerprint density at radius 3 is 2.07 bits per heavy atom. The molecule has 3 aromatic heterocycles. The number of ether oxygens (including phenoxy) is 3. The first-order valence-corrected chi connectivity index (χ1v) is 18.6. The highest BCUT2D eigenvalue weighted by Gasteiger charge is 2.26. The molecule has 0 aliphatic carbocycles. The van der Waals surface area contributed by atoms with E-state index < -0.39 is 8.07 Å². The lowest BCUT2D eigenvalue weighted by Crippen LogP contribution is -2.22. The molecule has 11 heteroatoms. The molecule has 0 aliphatic rings. The summed E-state index contributed by atoms with van der Waals surface area (Å²) in [5, 5.41) is 13.1. The summed E-state index contributed by atoms with van der Waals surface area (Å²) >= 11 is 0. The van der Waals surface area contributed by atoms with Gasteiger partial charge in [-0.05, 0) is 29.3 Å². The van der Waals surface area contributed by atoms with E-state index >= 15 is 0 Å². The molecule has 0 saturated carbocycles. The highest BCUT2D eigenvalue weighted by Crippen LogP contribution is 2.42. The van der Waals surface area contributed by atoms with Crippen LogP contribution in [-0.2, 0) is 11.5 Å². The van der Waals surface area contributed by atoms with E-state index in [-0.39, 0.29) is 0 Å². The summed E-state index contributed by atoms with van der Waals surface area (Å²) in [4.78, 5) is 9.71. The highest BCUT2D eigenvalue weighted by atomic mass is 28.3. The third-order valence-electron chi connectivity index (χ3n) is 7.39. The number of aromatic nitrogens is 6. The third-order valence-corrected chi connectivity index (χ3v) is 9.09. The summed E-state index contributed by atoms with van der Waals surface area (Å²) in [6, 6.07) is 29.1. The van der Waals surface area contributed by atoms with E-state index in [1.807, 2.05) is 72.8 Å². The fourth-order valence-electron chi connectivity index (χ4n) is 5.05. The van der Waals surface area contributed by atoms with Crippen LogP contribution < -0.4 is 14.8 Å². The van der Waals surface area contributed by atoms with Gasteiger partial charge in [0, 0.05) is 20.2 Å². The monoisotopic (exact) mass is 619 g/mol. The molecule has 0 amide bonds. The molecule has 6 aromatic rings. The molecule has 6 rings (SSSR count). The van der Waals surface area contributed by atoms with Crippen LogP contribution in [0, 0.1) is 0 Å². The summed E-state index contributed by atoms with van der Waals surface area (Å²) in [6.45, 7) is 8.01. The van der Waals surface area contributed by atoms with Gasteiger partial charge in [0.05, 0.1) is 25.3 Å². The van der Waals surface area contributed by atoms with E-state index in [0.29, 0.717) is 42.2 Å². The molecule has 230 valence electrons. The Hall–Kier alpha value is -5.00. The Balaban J connectivity index is 1.49. The predicted molar refractivity (Wildman–Crippen MR) is 180 cm³/mol. The molecule has 0 bridgehead atoms. The average Bonchev–Trinajstić information content (AvgIpc) is 3.67. The minimum atomic E-state index is -1.18. The minimum Gasteiger partial charge on any atom is -0.497 e. The van der Waals surface area contributed by atoms with Crippen LogP contribution in [0.25, 0.3) is 39.2 Å². The smallest absolute Gasteiger partial charge is 0.247 e. The molecule has 0 spiro atoms. The maximum atomic E-state index is 6.11. The number of nitrogens with one attached hydrogen (secondary N) is 1. The van der Waals surface area contributed by atoms with Crippen LogP contribution in [0.5, 0.6) is 11.6 Å². The second kappa shape index (κ2) is 12.9. The summed E-state index contributed by atoms with van der Waals surface area (Å²) < 4.78 is 20.9. The fraction of sp³-hybridized carbons (Fsp3) is 0.235. The van der Waals surface area contributed by atoms with Crippen molar-refractivity contribution in [2.75, 3.05) is 26.1 Å². The maximum absolute atomic E-state index is 6.11. The van der Waals surface area contributed by atoms with Gasteiger partial charge in [0.1, 0.15) is 30.3 Å². The second-order valence-electron chi connectivity index (χ2n) is 11.8. The van der Waals surface area contributed by atoms with Crippen LogP contribution in [0.3, 0.4) is 0 Å². The van der Waals surface area contributed by atoms with Crippen LogP contribution in [0.15, 0.2) is 91.3 Å². The first-order valence-electron chi connectivity index (χ1n) is 14.8. The Kier molecular flexibility index (Phi) is 8.63. The number of hydrogen-bond acceptors (Lipinski definition) is 8. The molecule has 0 saturated heterocycles. The SMILES string of the molecule is COc1ccc(-c2c(Nc3ncn(COCC[Si](C)(C)C)n3)nc3c(-c4ccccc4)c(-c4ccccc4)nn3c2OC)cc1. The lowest BCUT2D eigenvalue weighted by Gasteiger charge is -2.16. The summed E-state index contributed by atoms with van der Waals surface area (Å²) in [5.41, 5.74) is 5.84. The van der Waals surface area contributed by atoms with Crippen LogP contribution in [-0.4, -0.2) is 58.3 Å². The van der Waals surface area contributed by atoms with Gasteiger partial charge in [-0.2, -0.15) is 9.61 Å². The topological polar surface area (TPSA) is 101 Å². The predicted octanol–water partition coefficient (Wildman–Crippen LogP) is 7.39. The van der Waals surface area contributed by atoms with E-state index in [2.05, 4.69) is 47.2 Å². The molecule has 3 aromatic carbocycles. The standard InChI is InChI=1S/C34H37N7O3Si/c1-42-27-18-16-25(17-19-27)29-31(37-34-35-22-40(39-34)23-44-20-21-45(3,4)5)36-32-28(24-12-8-6-9-13-24)30(26-14-10-7-11-15-26)38-41(32)33(29)43-2/h6-19,22H,20-21,23H2,1-5H3,(H,36,37,39). The van der Waals surface area contributed by atoms with Crippen molar-refractivity contribution in [1.29, 1.82) is 0 Å². The van der Waals surface area contributed by atoms with Crippen LogP contribution in [0.2, 0.25) is 25.7 Å². The Bertz CT molecular complexity index is 1880. The Morgan fingerprint density at radius 1 is 0.756 bits per heavy atom. The molecule has 1 N–H and O–H groups in total. The molecular formula is C34H37N7O3Si.